The Hall–Kier alpha value is -0.270. The molecule has 0 aliphatic rings. The van der Waals surface area contributed by atoms with Crippen LogP contribution in [-0.2, 0) is 4.57 Å². The summed E-state index contributed by atoms with van der Waals surface area (Å²) in [4.78, 5) is 18.1. The van der Waals surface area contributed by atoms with Gasteiger partial charge in [-0.25, -0.2) is 0 Å². The van der Waals surface area contributed by atoms with Crippen molar-refractivity contribution in [2.45, 2.75) is 44.2 Å². The Kier molecular flexibility index (Phi) is 4.86. The quantitative estimate of drug-likeness (QED) is 0.615. The first kappa shape index (κ1) is 18.7. The summed E-state index contributed by atoms with van der Waals surface area (Å²) in [5.41, 5.74) is -2.14. The van der Waals surface area contributed by atoms with E-state index in [-0.39, 0.29) is 0 Å². The van der Waals surface area contributed by atoms with Crippen LogP contribution in [-0.4, -0.2) is 27.3 Å². The van der Waals surface area contributed by atoms with E-state index in [4.69, 9.17) is 9.79 Å². The summed E-state index contributed by atoms with van der Waals surface area (Å²) < 4.78 is 86.0. The third-order valence-corrected chi connectivity index (χ3v) is 4.84. The predicted molar refractivity (Wildman–Crippen MR) is 55.3 cm³/mol. The SMILES string of the molecule is [CH2]C(C)(C)C(CC(F)(F)F)(CC(F)(F)F)P(=O)(O)O. The molecule has 115 valence electrons. The molecule has 0 aliphatic heterocycles. The van der Waals surface area contributed by atoms with E-state index in [1.807, 2.05) is 0 Å². The predicted octanol–water partition coefficient (Wildman–Crippen LogP) is 3.67. The molecule has 3 nitrogen and oxygen atoms in total. The highest BCUT2D eigenvalue weighted by molar-refractivity contribution is 7.53. The average molecular weight is 315 g/mol. The Bertz CT molecular complexity index is 346. The first-order chi connectivity index (χ1) is 7.91. The number of halogens is 6. The first-order valence-corrected chi connectivity index (χ1v) is 6.57. The Labute approximate surface area is 106 Å². The highest BCUT2D eigenvalue weighted by atomic mass is 31.2. The van der Waals surface area contributed by atoms with Gasteiger partial charge >= 0.3 is 19.9 Å². The molecular formula is C9H14F6O3P. The van der Waals surface area contributed by atoms with Crippen molar-refractivity contribution in [1.29, 1.82) is 0 Å². The zero-order valence-electron chi connectivity index (χ0n) is 10.1. The van der Waals surface area contributed by atoms with Gasteiger partial charge in [0.15, 0.2) is 0 Å². The van der Waals surface area contributed by atoms with E-state index in [1.165, 1.54) is 0 Å². The number of hydrogen-bond donors (Lipinski definition) is 2. The third-order valence-electron chi connectivity index (χ3n) is 2.80. The average Bonchev–Trinajstić information content (AvgIpc) is 1.91. The van der Waals surface area contributed by atoms with Crippen LogP contribution in [0.1, 0.15) is 26.7 Å². The lowest BCUT2D eigenvalue weighted by Gasteiger charge is -2.45. The van der Waals surface area contributed by atoms with E-state index in [9.17, 15) is 30.9 Å². The largest absolute Gasteiger partial charge is 0.390 e. The van der Waals surface area contributed by atoms with Gasteiger partial charge in [-0.2, -0.15) is 26.3 Å². The third kappa shape index (κ3) is 4.96. The van der Waals surface area contributed by atoms with Gasteiger partial charge in [-0.15, -0.1) is 0 Å². The van der Waals surface area contributed by atoms with Gasteiger partial charge in [0.1, 0.15) is 0 Å². The maximum Gasteiger partial charge on any atom is 0.390 e. The van der Waals surface area contributed by atoms with Crippen LogP contribution in [0.15, 0.2) is 0 Å². The van der Waals surface area contributed by atoms with Crippen LogP contribution in [0.5, 0.6) is 0 Å². The molecule has 0 aromatic rings. The van der Waals surface area contributed by atoms with Crippen molar-refractivity contribution >= 4 is 7.60 Å². The lowest BCUT2D eigenvalue weighted by atomic mass is 9.75. The van der Waals surface area contributed by atoms with Gasteiger partial charge in [0.2, 0.25) is 0 Å². The maximum absolute atomic E-state index is 12.4. The number of rotatable bonds is 4. The molecule has 0 aromatic heterocycles. The lowest BCUT2D eigenvalue weighted by Crippen LogP contribution is -2.49. The van der Waals surface area contributed by atoms with Crippen molar-refractivity contribution in [2.24, 2.45) is 5.41 Å². The fourth-order valence-corrected chi connectivity index (χ4v) is 3.36. The van der Waals surface area contributed by atoms with Crippen LogP contribution in [0.25, 0.3) is 0 Å². The van der Waals surface area contributed by atoms with Gasteiger partial charge in [-0.3, -0.25) is 4.57 Å². The fraction of sp³-hybridized carbons (Fsp3) is 0.889. The standard InChI is InChI=1S/C9H14F6O3P/c1-6(2,3)7(19(16,17)18,4-8(10,11)12)5-9(13,14)15/h1,4-5H2,2-3H3,(H2,16,17,18). The molecule has 0 unspecified atom stereocenters. The molecule has 2 N–H and O–H groups in total. The molecule has 19 heavy (non-hydrogen) atoms. The molecule has 0 atom stereocenters. The van der Waals surface area contributed by atoms with Crippen LogP contribution in [0.3, 0.4) is 0 Å². The van der Waals surface area contributed by atoms with E-state index in [1.54, 1.807) is 0 Å². The molecule has 0 aromatic carbocycles. The molecule has 0 bridgehead atoms. The molecule has 0 rings (SSSR count). The molecule has 1 radical (unpaired) electrons. The molecule has 0 heterocycles. The molecule has 0 aliphatic carbocycles. The molecule has 0 fully saturated rings. The van der Waals surface area contributed by atoms with Gasteiger partial charge in [0.05, 0.1) is 18.0 Å². The maximum atomic E-state index is 12.4. The summed E-state index contributed by atoms with van der Waals surface area (Å²) >= 11 is 0. The van der Waals surface area contributed by atoms with Gasteiger partial charge in [-0.05, 0) is 12.3 Å². The molecular weight excluding hydrogens is 301 g/mol. The van der Waals surface area contributed by atoms with E-state index in [0.717, 1.165) is 13.8 Å². The lowest BCUT2D eigenvalue weighted by molar-refractivity contribution is -0.179. The van der Waals surface area contributed by atoms with Crippen molar-refractivity contribution in [3.63, 3.8) is 0 Å². The number of hydrogen-bond acceptors (Lipinski definition) is 1. The van der Waals surface area contributed by atoms with Crippen LogP contribution in [0.2, 0.25) is 0 Å². The van der Waals surface area contributed by atoms with E-state index >= 15 is 0 Å². The fourth-order valence-electron chi connectivity index (χ4n) is 1.80. The minimum absolute atomic E-state index is 0.837. The van der Waals surface area contributed by atoms with Crippen molar-refractivity contribution in [1.82, 2.24) is 0 Å². The normalized spacial score (nSPS) is 15.7. The minimum atomic E-state index is -5.72. The second-order valence-electron chi connectivity index (χ2n) is 5.04. The minimum Gasteiger partial charge on any atom is -0.324 e. The monoisotopic (exact) mass is 315 g/mol. The zero-order valence-corrected chi connectivity index (χ0v) is 11.0. The molecule has 10 heteroatoms. The topological polar surface area (TPSA) is 57.5 Å². The van der Waals surface area contributed by atoms with Crippen molar-refractivity contribution in [2.75, 3.05) is 0 Å². The molecule has 0 amide bonds. The Morgan fingerprint density at radius 2 is 1.21 bits per heavy atom. The molecule has 0 saturated carbocycles. The van der Waals surface area contributed by atoms with Crippen molar-refractivity contribution in [3.8, 4) is 0 Å². The van der Waals surface area contributed by atoms with E-state index in [0.29, 0.717) is 0 Å². The number of alkyl halides is 6. The molecule has 0 spiro atoms. The Balaban J connectivity index is 5.99. The highest BCUT2D eigenvalue weighted by Gasteiger charge is 2.63. The summed E-state index contributed by atoms with van der Waals surface area (Å²) in [6, 6.07) is 0. The summed E-state index contributed by atoms with van der Waals surface area (Å²) in [5, 5.41) is -3.35. The first-order valence-electron chi connectivity index (χ1n) is 4.96. The second-order valence-corrected chi connectivity index (χ2v) is 6.99. The van der Waals surface area contributed by atoms with Crippen molar-refractivity contribution in [3.05, 3.63) is 6.92 Å². The summed E-state index contributed by atoms with van der Waals surface area (Å²) in [6.45, 7) is 4.76. The van der Waals surface area contributed by atoms with Crippen LogP contribution < -0.4 is 0 Å². The van der Waals surface area contributed by atoms with Crippen LogP contribution in [0.4, 0.5) is 26.3 Å². The Morgan fingerprint density at radius 1 is 0.947 bits per heavy atom. The van der Waals surface area contributed by atoms with Crippen LogP contribution >= 0.6 is 7.60 Å². The van der Waals surface area contributed by atoms with Crippen LogP contribution in [0, 0.1) is 12.3 Å². The highest BCUT2D eigenvalue weighted by Crippen LogP contribution is 2.66. The molecule has 0 saturated heterocycles. The Morgan fingerprint density at radius 3 is 1.32 bits per heavy atom. The van der Waals surface area contributed by atoms with E-state index in [2.05, 4.69) is 6.92 Å². The summed E-state index contributed by atoms with van der Waals surface area (Å²) in [7, 11) is -5.72. The van der Waals surface area contributed by atoms with Crippen molar-refractivity contribution < 1.29 is 40.7 Å². The van der Waals surface area contributed by atoms with E-state index < -0.39 is 43.4 Å². The second kappa shape index (κ2) is 4.93. The summed E-state index contributed by atoms with van der Waals surface area (Å²) in [5.74, 6) is 0. The van der Waals surface area contributed by atoms with Gasteiger partial charge in [0, 0.05) is 0 Å². The zero-order chi connectivity index (χ0) is 15.9. The van der Waals surface area contributed by atoms with Gasteiger partial charge < -0.3 is 9.79 Å². The summed E-state index contributed by atoms with van der Waals surface area (Å²) in [6.07, 6.45) is -14.9. The smallest absolute Gasteiger partial charge is 0.324 e. The van der Waals surface area contributed by atoms with Gasteiger partial charge in [-0.1, -0.05) is 13.8 Å². The van der Waals surface area contributed by atoms with Gasteiger partial charge in [0.25, 0.3) is 0 Å².